The van der Waals surface area contributed by atoms with Gasteiger partial charge in [0, 0.05) is 6.07 Å². The lowest BCUT2D eigenvalue weighted by Crippen LogP contribution is -2.45. The zero-order valence-electron chi connectivity index (χ0n) is 12.2. The minimum atomic E-state index is -0.625. The van der Waals surface area contributed by atoms with Crippen molar-refractivity contribution < 1.29 is 28.8 Å². The standard InChI is InChI=1S/C15H19NO6/c1-19-9-3-2-4-10(5-9)20-8-13(18)16-11-6-21-15-12(17)7-22-14(11)15/h2-5,11-12,14-15,17H,6-8H2,1H3,(H,16,18)/t11-,12-,14-,15-/m1/s1. The van der Waals surface area contributed by atoms with Crippen LogP contribution in [0.4, 0.5) is 0 Å². The lowest BCUT2D eigenvalue weighted by molar-refractivity contribution is -0.124. The molecule has 7 heteroatoms. The Morgan fingerprint density at radius 3 is 2.91 bits per heavy atom. The SMILES string of the molecule is COc1cccc(OCC(=O)N[C@@H]2CO[C@H]3[C@@H]2OC[C@H]3O)c1. The highest BCUT2D eigenvalue weighted by Crippen LogP contribution is 2.26. The zero-order chi connectivity index (χ0) is 15.5. The van der Waals surface area contributed by atoms with E-state index >= 15 is 0 Å². The molecule has 2 N–H and O–H groups in total. The van der Waals surface area contributed by atoms with Crippen LogP contribution >= 0.6 is 0 Å². The molecule has 0 radical (unpaired) electrons. The van der Waals surface area contributed by atoms with Gasteiger partial charge in [0.1, 0.15) is 29.8 Å². The lowest BCUT2D eigenvalue weighted by atomic mass is 10.1. The van der Waals surface area contributed by atoms with Crippen LogP contribution in [0.15, 0.2) is 24.3 Å². The smallest absolute Gasteiger partial charge is 0.258 e. The van der Waals surface area contributed by atoms with Gasteiger partial charge in [-0.25, -0.2) is 0 Å². The molecule has 2 aliphatic rings. The fourth-order valence-electron chi connectivity index (χ4n) is 2.69. The monoisotopic (exact) mass is 309 g/mol. The van der Waals surface area contributed by atoms with E-state index in [-0.39, 0.29) is 37.4 Å². The molecule has 0 spiro atoms. The van der Waals surface area contributed by atoms with E-state index in [0.29, 0.717) is 18.1 Å². The molecule has 4 atom stereocenters. The quantitative estimate of drug-likeness (QED) is 0.778. The summed E-state index contributed by atoms with van der Waals surface area (Å²) in [6, 6.07) is 6.78. The zero-order valence-corrected chi connectivity index (χ0v) is 12.2. The van der Waals surface area contributed by atoms with Gasteiger partial charge in [-0.1, -0.05) is 6.07 Å². The molecule has 2 fully saturated rings. The van der Waals surface area contributed by atoms with Crippen molar-refractivity contribution in [1.82, 2.24) is 5.32 Å². The van der Waals surface area contributed by atoms with Gasteiger partial charge in [0.25, 0.3) is 5.91 Å². The fraction of sp³-hybridized carbons (Fsp3) is 0.533. The molecule has 1 amide bonds. The summed E-state index contributed by atoms with van der Waals surface area (Å²) in [5.74, 6) is 0.961. The summed E-state index contributed by atoms with van der Waals surface area (Å²) >= 11 is 0. The average Bonchev–Trinajstić information content (AvgIpc) is 3.10. The molecule has 120 valence electrons. The maximum atomic E-state index is 12.0. The van der Waals surface area contributed by atoms with Crippen LogP contribution in [0.3, 0.4) is 0 Å². The summed E-state index contributed by atoms with van der Waals surface area (Å²) in [5, 5.41) is 12.5. The average molecular weight is 309 g/mol. The van der Waals surface area contributed by atoms with Crippen molar-refractivity contribution in [3.63, 3.8) is 0 Å². The molecule has 1 aromatic rings. The van der Waals surface area contributed by atoms with Crippen molar-refractivity contribution >= 4 is 5.91 Å². The fourth-order valence-corrected chi connectivity index (χ4v) is 2.69. The molecule has 3 rings (SSSR count). The second-order valence-corrected chi connectivity index (χ2v) is 5.30. The van der Waals surface area contributed by atoms with Crippen LogP contribution in [-0.4, -0.2) is 62.3 Å². The number of nitrogens with one attached hydrogen (secondary N) is 1. The lowest BCUT2D eigenvalue weighted by Gasteiger charge is -2.17. The summed E-state index contributed by atoms with van der Waals surface area (Å²) < 4.78 is 21.4. The number of hydrogen-bond donors (Lipinski definition) is 2. The Hall–Kier alpha value is -1.83. The van der Waals surface area contributed by atoms with Crippen LogP contribution in [-0.2, 0) is 14.3 Å². The third kappa shape index (κ3) is 3.16. The molecule has 22 heavy (non-hydrogen) atoms. The van der Waals surface area contributed by atoms with Gasteiger partial charge in [-0.2, -0.15) is 0 Å². The van der Waals surface area contributed by atoms with Gasteiger partial charge in [-0.3, -0.25) is 4.79 Å². The molecule has 2 heterocycles. The van der Waals surface area contributed by atoms with Gasteiger partial charge in [0.05, 0.1) is 26.4 Å². The van der Waals surface area contributed by atoms with Gasteiger partial charge in [0.2, 0.25) is 0 Å². The van der Waals surface area contributed by atoms with Crippen molar-refractivity contribution in [3.8, 4) is 11.5 Å². The molecule has 0 bridgehead atoms. The second-order valence-electron chi connectivity index (χ2n) is 5.30. The predicted octanol–water partition coefficient (Wildman–Crippen LogP) is -0.283. The van der Waals surface area contributed by atoms with Gasteiger partial charge in [-0.05, 0) is 12.1 Å². The van der Waals surface area contributed by atoms with E-state index in [2.05, 4.69) is 5.32 Å². The van der Waals surface area contributed by atoms with Crippen LogP contribution in [0.25, 0.3) is 0 Å². The van der Waals surface area contributed by atoms with E-state index in [4.69, 9.17) is 18.9 Å². The number of ether oxygens (including phenoxy) is 4. The van der Waals surface area contributed by atoms with Crippen LogP contribution in [0.1, 0.15) is 0 Å². The topological polar surface area (TPSA) is 86.3 Å². The van der Waals surface area contributed by atoms with Crippen molar-refractivity contribution in [1.29, 1.82) is 0 Å². The van der Waals surface area contributed by atoms with E-state index in [1.807, 2.05) is 0 Å². The third-order valence-electron chi connectivity index (χ3n) is 3.78. The number of fused-ring (bicyclic) bond motifs is 1. The number of carbonyl (C=O) groups excluding carboxylic acids is 1. The predicted molar refractivity (Wildman–Crippen MR) is 75.9 cm³/mol. The van der Waals surface area contributed by atoms with Gasteiger partial charge in [-0.15, -0.1) is 0 Å². The summed E-state index contributed by atoms with van der Waals surface area (Å²) in [6.45, 7) is 0.461. The third-order valence-corrected chi connectivity index (χ3v) is 3.78. The van der Waals surface area contributed by atoms with Crippen molar-refractivity contribution in [3.05, 3.63) is 24.3 Å². The number of rotatable bonds is 5. The summed E-state index contributed by atoms with van der Waals surface area (Å²) in [5.41, 5.74) is 0. The first-order valence-electron chi connectivity index (χ1n) is 7.15. The van der Waals surface area contributed by atoms with Crippen molar-refractivity contribution in [2.45, 2.75) is 24.4 Å². The molecule has 0 unspecified atom stereocenters. The number of aliphatic hydroxyl groups excluding tert-OH is 1. The Bertz CT molecular complexity index is 537. The van der Waals surface area contributed by atoms with E-state index in [0.717, 1.165) is 0 Å². The van der Waals surface area contributed by atoms with Crippen molar-refractivity contribution in [2.75, 3.05) is 26.9 Å². The number of amides is 1. The van der Waals surface area contributed by atoms with Crippen LogP contribution in [0, 0.1) is 0 Å². The van der Waals surface area contributed by atoms with E-state index in [1.54, 1.807) is 31.4 Å². The number of carbonyl (C=O) groups is 1. The number of hydrogen-bond acceptors (Lipinski definition) is 6. The van der Waals surface area contributed by atoms with Gasteiger partial charge < -0.3 is 29.4 Å². The van der Waals surface area contributed by atoms with Crippen LogP contribution in [0.2, 0.25) is 0 Å². The molecule has 0 aromatic heterocycles. The Morgan fingerprint density at radius 2 is 2.09 bits per heavy atom. The van der Waals surface area contributed by atoms with Crippen LogP contribution < -0.4 is 14.8 Å². The second kappa shape index (κ2) is 6.51. The maximum absolute atomic E-state index is 12.0. The molecule has 2 aliphatic heterocycles. The molecule has 0 saturated carbocycles. The van der Waals surface area contributed by atoms with E-state index in [1.165, 1.54) is 0 Å². The Kier molecular flexibility index (Phi) is 4.47. The largest absolute Gasteiger partial charge is 0.497 e. The summed E-state index contributed by atoms with van der Waals surface area (Å²) in [7, 11) is 1.57. The molecule has 0 aliphatic carbocycles. The molecule has 2 saturated heterocycles. The Balaban J connectivity index is 1.48. The molecule has 7 nitrogen and oxygen atoms in total. The van der Waals surface area contributed by atoms with E-state index < -0.39 is 6.10 Å². The maximum Gasteiger partial charge on any atom is 0.258 e. The molecule has 1 aromatic carbocycles. The minimum Gasteiger partial charge on any atom is -0.497 e. The van der Waals surface area contributed by atoms with Gasteiger partial charge in [0.15, 0.2) is 6.61 Å². The Labute approximate surface area is 128 Å². The summed E-state index contributed by atoms with van der Waals surface area (Å²) in [6.07, 6.45) is -1.28. The van der Waals surface area contributed by atoms with E-state index in [9.17, 15) is 9.90 Å². The summed E-state index contributed by atoms with van der Waals surface area (Å²) in [4.78, 5) is 12.0. The highest BCUT2D eigenvalue weighted by molar-refractivity contribution is 5.78. The highest BCUT2D eigenvalue weighted by Gasteiger charge is 2.47. The number of benzene rings is 1. The van der Waals surface area contributed by atoms with Crippen molar-refractivity contribution in [2.24, 2.45) is 0 Å². The number of aliphatic hydroxyl groups is 1. The first kappa shape index (κ1) is 15.1. The normalized spacial score (nSPS) is 29.9. The van der Waals surface area contributed by atoms with Crippen LogP contribution in [0.5, 0.6) is 11.5 Å². The highest BCUT2D eigenvalue weighted by atomic mass is 16.6. The Morgan fingerprint density at radius 1 is 1.32 bits per heavy atom. The molecular formula is C15H19NO6. The number of methoxy groups -OCH3 is 1. The molecular weight excluding hydrogens is 290 g/mol. The minimum absolute atomic E-state index is 0.108. The first-order valence-corrected chi connectivity index (χ1v) is 7.15. The first-order chi connectivity index (χ1) is 10.7. The van der Waals surface area contributed by atoms with Gasteiger partial charge >= 0.3 is 0 Å².